The molecule has 1 aromatic carbocycles. The van der Waals surface area contributed by atoms with E-state index in [1.807, 2.05) is 13.0 Å². The minimum Gasteiger partial charge on any atom is -0.483 e. The van der Waals surface area contributed by atoms with Crippen LogP contribution in [0.25, 0.3) is 0 Å². The van der Waals surface area contributed by atoms with Crippen molar-refractivity contribution < 1.29 is 14.0 Å². The summed E-state index contributed by atoms with van der Waals surface area (Å²) in [4.78, 5) is 11.9. The second kappa shape index (κ2) is 8.18. The summed E-state index contributed by atoms with van der Waals surface area (Å²) in [5.74, 6) is 1.14. The van der Waals surface area contributed by atoms with Gasteiger partial charge in [0.1, 0.15) is 5.75 Å². The van der Waals surface area contributed by atoms with Gasteiger partial charge in [0.25, 0.3) is 5.91 Å². The fourth-order valence-corrected chi connectivity index (χ4v) is 2.22. The number of aryl methyl sites for hydroxylation is 1. The Kier molecular flexibility index (Phi) is 6.88. The maximum Gasteiger partial charge on any atom is 0.257 e. The highest BCUT2D eigenvalue weighted by Gasteiger charge is 2.11. The SMILES string of the molecule is Cc1ccc(C(C)C)c(OCC(=O)NCCC[N+](C)(C)C)c1. The smallest absolute Gasteiger partial charge is 0.257 e. The third kappa shape index (κ3) is 6.94. The third-order valence-corrected chi connectivity index (χ3v) is 3.48. The summed E-state index contributed by atoms with van der Waals surface area (Å²) < 4.78 is 6.63. The van der Waals surface area contributed by atoms with E-state index in [1.165, 1.54) is 0 Å². The maximum absolute atomic E-state index is 11.9. The molecule has 0 unspecified atom stereocenters. The van der Waals surface area contributed by atoms with Crippen molar-refractivity contribution in [2.45, 2.75) is 33.1 Å². The van der Waals surface area contributed by atoms with Crippen molar-refractivity contribution in [3.63, 3.8) is 0 Å². The van der Waals surface area contributed by atoms with Crippen molar-refractivity contribution in [2.24, 2.45) is 0 Å². The van der Waals surface area contributed by atoms with Gasteiger partial charge in [-0.2, -0.15) is 0 Å². The third-order valence-electron chi connectivity index (χ3n) is 3.48. The lowest BCUT2D eigenvalue weighted by atomic mass is 10.0. The van der Waals surface area contributed by atoms with Crippen molar-refractivity contribution in [2.75, 3.05) is 40.8 Å². The van der Waals surface area contributed by atoms with Crippen molar-refractivity contribution in [1.82, 2.24) is 5.32 Å². The largest absolute Gasteiger partial charge is 0.483 e. The Bertz CT molecular complexity index is 490. The molecular formula is C18H31N2O2+. The number of nitrogens with one attached hydrogen (secondary N) is 1. The van der Waals surface area contributed by atoms with Gasteiger partial charge in [0.2, 0.25) is 0 Å². The summed E-state index contributed by atoms with van der Waals surface area (Å²) in [6.45, 7) is 8.10. The molecule has 0 saturated heterocycles. The first-order valence-corrected chi connectivity index (χ1v) is 7.99. The van der Waals surface area contributed by atoms with Crippen LogP contribution in [0.1, 0.15) is 37.3 Å². The first-order valence-electron chi connectivity index (χ1n) is 7.99. The molecule has 0 fully saturated rings. The normalized spacial score (nSPS) is 11.6. The van der Waals surface area contributed by atoms with Crippen LogP contribution in [-0.4, -0.2) is 51.2 Å². The van der Waals surface area contributed by atoms with E-state index in [0.717, 1.165) is 34.3 Å². The molecule has 1 N–H and O–H groups in total. The Hall–Kier alpha value is -1.55. The number of carbonyl (C=O) groups is 1. The molecule has 0 saturated carbocycles. The highest BCUT2D eigenvalue weighted by Crippen LogP contribution is 2.27. The number of amides is 1. The van der Waals surface area contributed by atoms with E-state index >= 15 is 0 Å². The quantitative estimate of drug-likeness (QED) is 0.592. The van der Waals surface area contributed by atoms with Crippen molar-refractivity contribution in [3.8, 4) is 5.75 Å². The Morgan fingerprint density at radius 1 is 1.27 bits per heavy atom. The van der Waals surface area contributed by atoms with Gasteiger partial charge in [-0.1, -0.05) is 26.0 Å². The van der Waals surface area contributed by atoms with Crippen molar-refractivity contribution >= 4 is 5.91 Å². The molecule has 22 heavy (non-hydrogen) atoms. The Morgan fingerprint density at radius 3 is 2.55 bits per heavy atom. The number of ether oxygens (including phenoxy) is 1. The number of carbonyl (C=O) groups excluding carboxylic acids is 1. The average Bonchev–Trinajstić information content (AvgIpc) is 2.40. The number of hydrogen-bond acceptors (Lipinski definition) is 2. The molecule has 0 radical (unpaired) electrons. The van der Waals surface area contributed by atoms with Crippen LogP contribution in [-0.2, 0) is 4.79 Å². The van der Waals surface area contributed by atoms with Crippen molar-refractivity contribution in [1.29, 1.82) is 0 Å². The maximum atomic E-state index is 11.9. The van der Waals surface area contributed by atoms with E-state index in [0.29, 0.717) is 12.5 Å². The van der Waals surface area contributed by atoms with Crippen LogP contribution < -0.4 is 10.1 Å². The van der Waals surface area contributed by atoms with Crippen molar-refractivity contribution in [3.05, 3.63) is 29.3 Å². The molecule has 0 aliphatic heterocycles. The molecular weight excluding hydrogens is 276 g/mol. The molecule has 0 spiro atoms. The van der Waals surface area contributed by atoms with Gasteiger partial charge >= 0.3 is 0 Å². The highest BCUT2D eigenvalue weighted by molar-refractivity contribution is 5.77. The lowest BCUT2D eigenvalue weighted by Gasteiger charge is -2.23. The summed E-state index contributed by atoms with van der Waals surface area (Å²) >= 11 is 0. The van der Waals surface area contributed by atoms with Gasteiger partial charge in [-0.25, -0.2) is 0 Å². The number of benzene rings is 1. The first kappa shape index (κ1) is 18.5. The fourth-order valence-electron chi connectivity index (χ4n) is 2.22. The summed E-state index contributed by atoms with van der Waals surface area (Å²) in [5, 5.41) is 2.91. The van der Waals surface area contributed by atoms with Gasteiger partial charge in [0.15, 0.2) is 6.61 Å². The van der Waals surface area contributed by atoms with Crippen LogP contribution in [0.5, 0.6) is 5.75 Å². The van der Waals surface area contributed by atoms with Gasteiger partial charge in [-0.05, 0) is 30.0 Å². The van der Waals surface area contributed by atoms with Crippen LogP contribution in [0.2, 0.25) is 0 Å². The summed E-state index contributed by atoms with van der Waals surface area (Å²) in [5.41, 5.74) is 2.28. The zero-order valence-corrected chi connectivity index (χ0v) is 14.9. The molecule has 4 nitrogen and oxygen atoms in total. The topological polar surface area (TPSA) is 38.3 Å². The van der Waals surface area contributed by atoms with E-state index in [9.17, 15) is 4.79 Å². The lowest BCUT2D eigenvalue weighted by Crippen LogP contribution is -2.38. The summed E-state index contributed by atoms with van der Waals surface area (Å²) in [6.07, 6.45) is 0.969. The minimum absolute atomic E-state index is 0.0578. The number of hydrogen-bond donors (Lipinski definition) is 1. The van der Waals surface area contributed by atoms with E-state index in [1.54, 1.807) is 0 Å². The zero-order valence-electron chi connectivity index (χ0n) is 14.9. The van der Waals surface area contributed by atoms with E-state index in [2.05, 4.69) is 52.4 Å². The molecule has 4 heteroatoms. The minimum atomic E-state index is -0.0578. The number of quaternary nitrogens is 1. The van der Waals surface area contributed by atoms with Gasteiger partial charge < -0.3 is 14.5 Å². The van der Waals surface area contributed by atoms with Crippen LogP contribution in [0.3, 0.4) is 0 Å². The van der Waals surface area contributed by atoms with Gasteiger partial charge in [0.05, 0.1) is 27.7 Å². The Morgan fingerprint density at radius 2 is 1.95 bits per heavy atom. The monoisotopic (exact) mass is 307 g/mol. The first-order chi connectivity index (χ1) is 10.2. The molecule has 1 amide bonds. The van der Waals surface area contributed by atoms with Crippen LogP contribution in [0, 0.1) is 6.92 Å². The van der Waals surface area contributed by atoms with Crippen LogP contribution in [0.4, 0.5) is 0 Å². The second-order valence-electron chi connectivity index (χ2n) is 7.20. The molecule has 0 bridgehead atoms. The zero-order chi connectivity index (χ0) is 16.8. The molecule has 124 valence electrons. The van der Waals surface area contributed by atoms with E-state index in [-0.39, 0.29) is 12.5 Å². The van der Waals surface area contributed by atoms with Crippen LogP contribution >= 0.6 is 0 Å². The van der Waals surface area contributed by atoms with Gasteiger partial charge in [-0.15, -0.1) is 0 Å². The summed E-state index contributed by atoms with van der Waals surface area (Å²) in [6, 6.07) is 6.15. The molecule has 0 aromatic heterocycles. The van der Waals surface area contributed by atoms with E-state index < -0.39 is 0 Å². The Labute approximate surface area is 135 Å². The summed E-state index contributed by atoms with van der Waals surface area (Å²) in [7, 11) is 6.45. The predicted molar refractivity (Wildman–Crippen MR) is 91.3 cm³/mol. The molecule has 0 aliphatic carbocycles. The molecule has 1 aromatic rings. The van der Waals surface area contributed by atoms with Crippen LogP contribution in [0.15, 0.2) is 18.2 Å². The molecule has 1 rings (SSSR count). The number of nitrogens with zero attached hydrogens (tertiary/aromatic N) is 1. The average molecular weight is 307 g/mol. The van der Waals surface area contributed by atoms with Gasteiger partial charge in [-0.3, -0.25) is 4.79 Å². The van der Waals surface area contributed by atoms with Gasteiger partial charge in [0, 0.05) is 13.0 Å². The Balaban J connectivity index is 2.43. The lowest BCUT2D eigenvalue weighted by molar-refractivity contribution is -0.870. The molecule has 0 heterocycles. The highest BCUT2D eigenvalue weighted by atomic mass is 16.5. The standard InChI is InChI=1S/C18H30N2O2/c1-14(2)16-9-8-15(3)12-17(16)22-13-18(21)19-10-7-11-20(4,5)6/h8-9,12,14H,7,10-11,13H2,1-6H3/p+1. The molecule has 0 aliphatic rings. The number of rotatable bonds is 8. The molecule has 0 atom stereocenters. The predicted octanol–water partition coefficient (Wildman–Crippen LogP) is 2.71. The fraction of sp³-hybridized carbons (Fsp3) is 0.611. The van der Waals surface area contributed by atoms with E-state index in [4.69, 9.17) is 4.74 Å². The second-order valence-corrected chi connectivity index (χ2v) is 7.20.